The Morgan fingerprint density at radius 1 is 1.00 bits per heavy atom. The summed E-state index contributed by atoms with van der Waals surface area (Å²) in [5.41, 5.74) is 0.934. The largest absolute Gasteiger partial charge is 0.326 e. The molecule has 2 fully saturated rings. The summed E-state index contributed by atoms with van der Waals surface area (Å²) >= 11 is 0. The van der Waals surface area contributed by atoms with Crippen LogP contribution >= 0.6 is 0 Å². The zero-order chi connectivity index (χ0) is 16.8. The summed E-state index contributed by atoms with van der Waals surface area (Å²) in [6.07, 6.45) is 13.2. The summed E-state index contributed by atoms with van der Waals surface area (Å²) in [6, 6.07) is 9.90. The van der Waals surface area contributed by atoms with Crippen molar-refractivity contribution in [1.82, 2.24) is 0 Å². The van der Waals surface area contributed by atoms with E-state index in [1.807, 2.05) is 30.3 Å². The number of benzene rings is 1. The number of carbonyl (C=O) groups excluding carboxylic acids is 1. The van der Waals surface area contributed by atoms with E-state index in [0.717, 1.165) is 36.3 Å². The van der Waals surface area contributed by atoms with E-state index in [1.165, 1.54) is 51.4 Å². The SMILES string of the molecule is CCCCCC1CCC2C[C@H](C(=O)Nc3ccccc3)CC[C@@H]2C1. The lowest BCUT2D eigenvalue weighted by Gasteiger charge is -2.42. The molecule has 4 atom stereocenters. The average molecular weight is 328 g/mol. The first-order chi connectivity index (χ1) is 11.8. The number of para-hydroxylation sites is 1. The Labute approximate surface area is 147 Å². The Balaban J connectivity index is 1.46. The van der Waals surface area contributed by atoms with Crippen molar-refractivity contribution in [3.05, 3.63) is 30.3 Å². The summed E-state index contributed by atoms with van der Waals surface area (Å²) in [4.78, 5) is 12.6. The van der Waals surface area contributed by atoms with Gasteiger partial charge in [-0.3, -0.25) is 4.79 Å². The van der Waals surface area contributed by atoms with Gasteiger partial charge in [-0.2, -0.15) is 0 Å². The van der Waals surface area contributed by atoms with E-state index >= 15 is 0 Å². The zero-order valence-corrected chi connectivity index (χ0v) is 15.2. The predicted octanol–water partition coefficient (Wildman–Crippen LogP) is 6.04. The number of unbranched alkanes of at least 4 members (excludes halogenated alkanes) is 2. The number of amides is 1. The molecule has 0 spiro atoms. The van der Waals surface area contributed by atoms with E-state index < -0.39 is 0 Å². The number of carbonyl (C=O) groups is 1. The Kier molecular flexibility index (Phi) is 6.34. The van der Waals surface area contributed by atoms with Gasteiger partial charge in [-0.1, -0.05) is 57.2 Å². The molecule has 0 saturated heterocycles. The van der Waals surface area contributed by atoms with E-state index in [2.05, 4.69) is 12.2 Å². The van der Waals surface area contributed by atoms with E-state index in [4.69, 9.17) is 0 Å². The van der Waals surface area contributed by atoms with E-state index in [1.54, 1.807) is 0 Å². The molecular weight excluding hydrogens is 294 g/mol. The molecule has 0 aromatic heterocycles. The van der Waals surface area contributed by atoms with Gasteiger partial charge in [0.25, 0.3) is 0 Å². The Morgan fingerprint density at radius 2 is 1.75 bits per heavy atom. The van der Waals surface area contributed by atoms with Crippen molar-refractivity contribution in [2.75, 3.05) is 5.32 Å². The highest BCUT2D eigenvalue weighted by atomic mass is 16.1. The maximum Gasteiger partial charge on any atom is 0.227 e. The summed E-state index contributed by atoms with van der Waals surface area (Å²) in [7, 11) is 0. The highest BCUT2D eigenvalue weighted by molar-refractivity contribution is 5.92. The first-order valence-corrected chi connectivity index (χ1v) is 10.1. The highest BCUT2D eigenvalue weighted by Gasteiger charge is 2.37. The minimum absolute atomic E-state index is 0.225. The molecule has 0 bridgehead atoms. The fraction of sp³-hybridized carbons (Fsp3) is 0.682. The molecule has 1 N–H and O–H groups in total. The van der Waals surface area contributed by atoms with E-state index in [0.29, 0.717) is 0 Å². The Morgan fingerprint density at radius 3 is 2.54 bits per heavy atom. The van der Waals surface area contributed by atoms with E-state index in [9.17, 15) is 4.79 Å². The molecular formula is C22H33NO. The van der Waals surface area contributed by atoms with Crippen molar-refractivity contribution >= 4 is 11.6 Å². The Hall–Kier alpha value is -1.31. The second-order valence-electron chi connectivity index (χ2n) is 8.06. The van der Waals surface area contributed by atoms with Gasteiger partial charge in [-0.05, 0) is 62.0 Å². The third-order valence-corrected chi connectivity index (χ3v) is 6.35. The molecule has 2 nitrogen and oxygen atoms in total. The maximum absolute atomic E-state index is 12.6. The van der Waals surface area contributed by atoms with Crippen LogP contribution in [0.25, 0.3) is 0 Å². The lowest BCUT2D eigenvalue weighted by molar-refractivity contribution is -0.122. The predicted molar refractivity (Wildman–Crippen MR) is 101 cm³/mol. The smallest absolute Gasteiger partial charge is 0.227 e. The van der Waals surface area contributed by atoms with Crippen molar-refractivity contribution in [2.45, 2.75) is 71.1 Å². The number of hydrogen-bond acceptors (Lipinski definition) is 1. The van der Waals surface area contributed by atoms with Crippen LogP contribution in [0.4, 0.5) is 5.69 Å². The van der Waals surface area contributed by atoms with Crippen LogP contribution in [-0.2, 0) is 4.79 Å². The molecule has 24 heavy (non-hydrogen) atoms. The van der Waals surface area contributed by atoms with Crippen molar-refractivity contribution in [3.8, 4) is 0 Å². The molecule has 0 aliphatic heterocycles. The summed E-state index contributed by atoms with van der Waals surface area (Å²) in [6.45, 7) is 2.29. The molecule has 3 rings (SSSR count). The standard InChI is InChI=1S/C22H33NO/c1-2-3-5-8-17-11-12-19-16-20(14-13-18(19)15-17)22(24)23-21-9-6-4-7-10-21/h4,6-7,9-10,17-20H,2-3,5,8,11-16H2,1H3,(H,23,24)/t17?,18-,19?,20-/m1/s1. The van der Waals surface area contributed by atoms with Gasteiger partial charge in [0.15, 0.2) is 0 Å². The monoisotopic (exact) mass is 327 g/mol. The van der Waals surface area contributed by atoms with Crippen LogP contribution in [0.1, 0.15) is 71.1 Å². The number of fused-ring (bicyclic) bond motifs is 1. The molecule has 132 valence electrons. The number of rotatable bonds is 6. The quantitative estimate of drug-likeness (QED) is 0.634. The second-order valence-corrected chi connectivity index (χ2v) is 8.06. The van der Waals surface area contributed by atoms with Gasteiger partial charge >= 0.3 is 0 Å². The number of hydrogen-bond donors (Lipinski definition) is 1. The summed E-state index contributed by atoms with van der Waals surface area (Å²) in [5, 5.41) is 3.11. The van der Waals surface area contributed by atoms with Gasteiger partial charge < -0.3 is 5.32 Å². The van der Waals surface area contributed by atoms with Crippen LogP contribution in [-0.4, -0.2) is 5.91 Å². The van der Waals surface area contributed by atoms with Crippen molar-refractivity contribution in [2.24, 2.45) is 23.7 Å². The first-order valence-electron chi connectivity index (χ1n) is 10.1. The minimum Gasteiger partial charge on any atom is -0.326 e. The lowest BCUT2D eigenvalue weighted by Crippen LogP contribution is -2.35. The Bertz CT molecular complexity index is 512. The van der Waals surface area contributed by atoms with Crippen LogP contribution < -0.4 is 5.32 Å². The third kappa shape index (κ3) is 4.62. The molecule has 1 aromatic rings. The summed E-state index contributed by atoms with van der Waals surface area (Å²) < 4.78 is 0. The third-order valence-electron chi connectivity index (χ3n) is 6.35. The van der Waals surface area contributed by atoms with Crippen LogP contribution in [0.15, 0.2) is 30.3 Å². The fourth-order valence-corrected chi connectivity index (χ4v) is 4.94. The average Bonchev–Trinajstić information content (AvgIpc) is 2.62. The molecule has 2 saturated carbocycles. The lowest BCUT2D eigenvalue weighted by atomic mass is 9.64. The van der Waals surface area contributed by atoms with Gasteiger partial charge in [0.1, 0.15) is 0 Å². The second kappa shape index (κ2) is 8.69. The molecule has 1 aromatic carbocycles. The molecule has 2 aliphatic carbocycles. The molecule has 2 unspecified atom stereocenters. The maximum atomic E-state index is 12.6. The van der Waals surface area contributed by atoms with Crippen molar-refractivity contribution in [3.63, 3.8) is 0 Å². The molecule has 0 radical (unpaired) electrons. The fourth-order valence-electron chi connectivity index (χ4n) is 4.94. The highest BCUT2D eigenvalue weighted by Crippen LogP contribution is 2.46. The van der Waals surface area contributed by atoms with Crippen molar-refractivity contribution in [1.29, 1.82) is 0 Å². The van der Waals surface area contributed by atoms with Gasteiger partial charge in [-0.25, -0.2) is 0 Å². The molecule has 1 amide bonds. The van der Waals surface area contributed by atoms with Gasteiger partial charge in [-0.15, -0.1) is 0 Å². The zero-order valence-electron chi connectivity index (χ0n) is 15.2. The van der Waals surface area contributed by atoms with Crippen LogP contribution in [0, 0.1) is 23.7 Å². The van der Waals surface area contributed by atoms with Crippen LogP contribution in [0.2, 0.25) is 0 Å². The van der Waals surface area contributed by atoms with Crippen LogP contribution in [0.5, 0.6) is 0 Å². The van der Waals surface area contributed by atoms with Gasteiger partial charge in [0.2, 0.25) is 5.91 Å². The van der Waals surface area contributed by atoms with Gasteiger partial charge in [0.05, 0.1) is 0 Å². The molecule has 0 heterocycles. The molecule has 2 aliphatic rings. The van der Waals surface area contributed by atoms with Gasteiger partial charge in [0, 0.05) is 11.6 Å². The normalized spacial score (nSPS) is 29.7. The minimum atomic E-state index is 0.225. The first kappa shape index (κ1) is 17.5. The van der Waals surface area contributed by atoms with Crippen molar-refractivity contribution < 1.29 is 4.79 Å². The number of nitrogens with one attached hydrogen (secondary N) is 1. The molecule has 2 heteroatoms. The van der Waals surface area contributed by atoms with Crippen LogP contribution in [0.3, 0.4) is 0 Å². The van der Waals surface area contributed by atoms with E-state index in [-0.39, 0.29) is 11.8 Å². The summed E-state index contributed by atoms with van der Waals surface area (Å²) in [5.74, 6) is 3.12. The topological polar surface area (TPSA) is 29.1 Å². The number of anilines is 1.